The van der Waals surface area contributed by atoms with Gasteiger partial charge in [0.25, 0.3) is 5.91 Å². The fraction of sp³-hybridized carbons (Fsp3) is 0. The van der Waals surface area contributed by atoms with Gasteiger partial charge in [-0.1, -0.05) is 54.5 Å². The highest BCUT2D eigenvalue weighted by Crippen LogP contribution is 2.22. The Morgan fingerprint density at radius 1 is 0.941 bits per heavy atom. The Morgan fingerprint density at radius 3 is 2.29 bits per heavy atom. The first-order chi connectivity index (χ1) is 8.27. The molecule has 17 heavy (non-hydrogen) atoms. The summed E-state index contributed by atoms with van der Waals surface area (Å²) in [5.74, 6) is 4.53. The molecule has 2 rings (SSSR count). The third kappa shape index (κ3) is 2.73. The van der Waals surface area contributed by atoms with E-state index < -0.39 is 5.91 Å². The van der Waals surface area contributed by atoms with Gasteiger partial charge in [0, 0.05) is 11.5 Å². The Kier molecular flexibility index (Phi) is 3.23. The lowest BCUT2D eigenvalue weighted by Gasteiger charge is -2.03. The van der Waals surface area contributed by atoms with Gasteiger partial charge in [0.2, 0.25) is 0 Å². The minimum Gasteiger partial charge on any atom is -0.359 e. The number of hydrogen-bond acceptors (Lipinski definition) is 1. The van der Waals surface area contributed by atoms with E-state index in [1.54, 1.807) is 0 Å². The second-order valence-electron chi connectivity index (χ2n) is 3.53. The van der Waals surface area contributed by atoms with Crippen LogP contribution in [0.4, 0.5) is 0 Å². The molecule has 0 saturated carbocycles. The fourth-order valence-electron chi connectivity index (χ4n) is 1.59. The molecule has 1 amide bonds. The van der Waals surface area contributed by atoms with E-state index in [1.165, 1.54) is 0 Å². The van der Waals surface area contributed by atoms with Crippen LogP contribution >= 0.6 is 0 Å². The van der Waals surface area contributed by atoms with Crippen molar-refractivity contribution in [1.82, 2.24) is 0 Å². The smallest absolute Gasteiger partial charge is 0.293 e. The van der Waals surface area contributed by atoms with Crippen LogP contribution in [-0.2, 0) is 4.79 Å². The van der Waals surface area contributed by atoms with Crippen LogP contribution in [0.5, 0.6) is 0 Å². The number of carbonyl (C=O) groups excluding carboxylic acids is 1. The van der Waals surface area contributed by atoms with Crippen molar-refractivity contribution in [2.45, 2.75) is 0 Å². The van der Waals surface area contributed by atoms with Gasteiger partial charge in [-0.3, -0.25) is 4.79 Å². The van der Waals surface area contributed by atoms with Crippen molar-refractivity contribution in [2.24, 2.45) is 5.73 Å². The quantitative estimate of drug-likeness (QED) is 0.737. The van der Waals surface area contributed by atoms with Crippen molar-refractivity contribution in [3.8, 4) is 23.0 Å². The monoisotopic (exact) mass is 221 g/mol. The molecule has 2 N–H and O–H groups in total. The molecule has 0 spiro atoms. The molecule has 0 saturated heterocycles. The Hall–Kier alpha value is -2.53. The number of rotatable bonds is 1. The lowest BCUT2D eigenvalue weighted by atomic mass is 10.0. The van der Waals surface area contributed by atoms with Gasteiger partial charge in [0.05, 0.1) is 0 Å². The van der Waals surface area contributed by atoms with Crippen molar-refractivity contribution in [3.63, 3.8) is 0 Å². The molecular weight excluding hydrogens is 210 g/mol. The summed E-state index contributed by atoms with van der Waals surface area (Å²) < 4.78 is 0. The number of primary amides is 1. The summed E-state index contributed by atoms with van der Waals surface area (Å²) in [4.78, 5) is 10.7. The summed E-state index contributed by atoms with van der Waals surface area (Å²) in [6.45, 7) is 0. The maximum absolute atomic E-state index is 10.7. The number of benzene rings is 2. The minimum atomic E-state index is -0.618. The first-order valence-electron chi connectivity index (χ1n) is 5.23. The van der Waals surface area contributed by atoms with Crippen LogP contribution in [0, 0.1) is 11.8 Å². The first-order valence-corrected chi connectivity index (χ1v) is 5.23. The molecule has 0 fully saturated rings. The van der Waals surface area contributed by atoms with Gasteiger partial charge in [-0.05, 0) is 17.2 Å². The van der Waals surface area contributed by atoms with Crippen LogP contribution in [-0.4, -0.2) is 5.91 Å². The maximum Gasteiger partial charge on any atom is 0.293 e. The molecule has 0 aromatic heterocycles. The normalized spacial score (nSPS) is 9.18. The summed E-state index contributed by atoms with van der Waals surface area (Å²) >= 11 is 0. The van der Waals surface area contributed by atoms with Gasteiger partial charge in [-0.15, -0.1) is 0 Å². The summed E-state index contributed by atoms with van der Waals surface area (Å²) in [6, 6.07) is 17.6. The topological polar surface area (TPSA) is 43.1 Å². The predicted molar refractivity (Wildman–Crippen MR) is 68.0 cm³/mol. The van der Waals surface area contributed by atoms with E-state index in [0.29, 0.717) is 0 Å². The van der Waals surface area contributed by atoms with Crippen molar-refractivity contribution < 1.29 is 4.79 Å². The summed E-state index contributed by atoms with van der Waals surface area (Å²) in [7, 11) is 0. The molecular formula is C15H11NO. The summed E-state index contributed by atoms with van der Waals surface area (Å²) in [6.07, 6.45) is 0. The minimum absolute atomic E-state index is 0.618. The third-order valence-electron chi connectivity index (χ3n) is 2.33. The molecule has 0 aliphatic heterocycles. The highest BCUT2D eigenvalue weighted by atomic mass is 16.1. The largest absolute Gasteiger partial charge is 0.359 e. The molecule has 0 heterocycles. The van der Waals surface area contributed by atoms with Crippen LogP contribution in [0.1, 0.15) is 5.56 Å². The molecule has 2 aromatic rings. The number of carbonyl (C=O) groups is 1. The molecule has 0 bridgehead atoms. The number of hydrogen-bond donors (Lipinski definition) is 1. The van der Waals surface area contributed by atoms with E-state index >= 15 is 0 Å². The van der Waals surface area contributed by atoms with Crippen LogP contribution in [0.25, 0.3) is 11.1 Å². The van der Waals surface area contributed by atoms with E-state index in [2.05, 4.69) is 11.8 Å². The highest BCUT2D eigenvalue weighted by Gasteiger charge is 2.01. The Balaban J connectivity index is 2.50. The van der Waals surface area contributed by atoms with Gasteiger partial charge >= 0.3 is 0 Å². The average Bonchev–Trinajstić information content (AvgIpc) is 2.38. The Bertz CT molecular complexity index is 591. The zero-order valence-electron chi connectivity index (χ0n) is 9.18. The first kappa shape index (κ1) is 11.0. The number of nitrogens with two attached hydrogens (primary N) is 1. The zero-order chi connectivity index (χ0) is 12.1. The predicted octanol–water partition coefficient (Wildman–Crippen LogP) is 2.19. The second kappa shape index (κ2) is 5.00. The Morgan fingerprint density at radius 2 is 1.59 bits per heavy atom. The molecule has 2 nitrogen and oxygen atoms in total. The summed E-state index contributed by atoms with van der Waals surface area (Å²) in [5.41, 5.74) is 7.89. The van der Waals surface area contributed by atoms with Gasteiger partial charge in [-0.25, -0.2) is 0 Å². The van der Waals surface area contributed by atoms with Gasteiger partial charge < -0.3 is 5.73 Å². The van der Waals surface area contributed by atoms with Crippen LogP contribution in [0.3, 0.4) is 0 Å². The van der Waals surface area contributed by atoms with Crippen molar-refractivity contribution in [2.75, 3.05) is 0 Å². The SMILES string of the molecule is NC(=O)C#Cc1ccccc1-c1ccccc1. The van der Waals surface area contributed by atoms with E-state index in [0.717, 1.165) is 16.7 Å². The van der Waals surface area contributed by atoms with Crippen molar-refractivity contribution >= 4 is 5.91 Å². The fourth-order valence-corrected chi connectivity index (χ4v) is 1.59. The molecule has 2 aromatic carbocycles. The summed E-state index contributed by atoms with van der Waals surface area (Å²) in [5, 5.41) is 0. The van der Waals surface area contributed by atoms with Gasteiger partial charge in [-0.2, -0.15) is 0 Å². The second-order valence-corrected chi connectivity index (χ2v) is 3.53. The highest BCUT2D eigenvalue weighted by molar-refractivity contribution is 5.93. The standard InChI is InChI=1S/C15H11NO/c16-15(17)11-10-13-8-4-5-9-14(13)12-6-2-1-3-7-12/h1-9H,(H2,16,17). The van der Waals surface area contributed by atoms with Gasteiger partial charge in [0.1, 0.15) is 0 Å². The lowest BCUT2D eigenvalue weighted by molar-refractivity contribution is -0.112. The molecule has 82 valence electrons. The van der Waals surface area contributed by atoms with E-state index in [4.69, 9.17) is 5.73 Å². The van der Waals surface area contributed by atoms with Crippen LogP contribution in [0.15, 0.2) is 54.6 Å². The van der Waals surface area contributed by atoms with E-state index in [1.807, 2.05) is 54.6 Å². The molecule has 0 unspecified atom stereocenters. The molecule has 0 radical (unpaired) electrons. The molecule has 0 atom stereocenters. The van der Waals surface area contributed by atoms with Gasteiger partial charge in [0.15, 0.2) is 0 Å². The average molecular weight is 221 g/mol. The molecule has 0 aliphatic rings. The molecule has 0 aliphatic carbocycles. The zero-order valence-corrected chi connectivity index (χ0v) is 9.18. The molecule has 2 heteroatoms. The Labute approximate surface area is 100 Å². The van der Waals surface area contributed by atoms with E-state index in [9.17, 15) is 4.79 Å². The van der Waals surface area contributed by atoms with Crippen molar-refractivity contribution in [3.05, 3.63) is 60.2 Å². The van der Waals surface area contributed by atoms with Crippen LogP contribution < -0.4 is 5.73 Å². The lowest BCUT2D eigenvalue weighted by Crippen LogP contribution is -2.06. The number of amides is 1. The van der Waals surface area contributed by atoms with Crippen molar-refractivity contribution in [1.29, 1.82) is 0 Å². The van der Waals surface area contributed by atoms with Crippen LogP contribution in [0.2, 0.25) is 0 Å². The third-order valence-corrected chi connectivity index (χ3v) is 2.33. The maximum atomic E-state index is 10.7. The van der Waals surface area contributed by atoms with E-state index in [-0.39, 0.29) is 0 Å².